The molecule has 0 bridgehead atoms. The lowest BCUT2D eigenvalue weighted by atomic mass is 10.1. The van der Waals surface area contributed by atoms with E-state index >= 15 is 0 Å². The Balaban J connectivity index is 1.71. The molecule has 1 amide bonds. The lowest BCUT2D eigenvalue weighted by Gasteiger charge is -2.07. The molecule has 0 unspecified atom stereocenters. The van der Waals surface area contributed by atoms with Crippen LogP contribution >= 0.6 is 11.6 Å². The molecule has 7 nitrogen and oxygen atoms in total. The summed E-state index contributed by atoms with van der Waals surface area (Å²) in [5, 5.41) is 10.5. The van der Waals surface area contributed by atoms with Crippen LogP contribution in [-0.2, 0) is 17.8 Å². The van der Waals surface area contributed by atoms with Gasteiger partial charge in [-0.2, -0.15) is 0 Å². The minimum Gasteiger partial charge on any atom is -0.323 e. The van der Waals surface area contributed by atoms with Crippen LogP contribution in [0.25, 0.3) is 16.6 Å². The lowest BCUT2D eigenvalue weighted by Crippen LogP contribution is -2.37. The van der Waals surface area contributed by atoms with Gasteiger partial charge in [-0.05, 0) is 47.4 Å². The molecule has 4 aromatic rings. The number of fused-ring (bicyclic) bond motifs is 3. The molecule has 0 saturated carbocycles. The molecule has 0 spiro atoms. The molecule has 2 heterocycles. The summed E-state index contributed by atoms with van der Waals surface area (Å²) < 4.78 is 3.02. The first kappa shape index (κ1) is 17.2. The topological polar surface area (TPSA) is 83.9 Å². The van der Waals surface area contributed by atoms with E-state index in [1.807, 2.05) is 24.3 Å². The zero-order valence-corrected chi connectivity index (χ0v) is 15.3. The number of carbonyl (C=O) groups excluding carboxylic acids is 1. The molecule has 8 heteroatoms. The molecule has 0 fully saturated rings. The largest absolute Gasteiger partial charge is 0.323 e. The predicted molar refractivity (Wildman–Crippen MR) is 103 cm³/mol. The maximum atomic E-state index is 12.9. The zero-order chi connectivity index (χ0) is 19.0. The van der Waals surface area contributed by atoms with Crippen molar-refractivity contribution in [3.05, 3.63) is 69.6 Å². The molecule has 2 aromatic carbocycles. The fourth-order valence-electron chi connectivity index (χ4n) is 3.07. The van der Waals surface area contributed by atoms with E-state index in [2.05, 4.69) is 22.6 Å². The van der Waals surface area contributed by atoms with Crippen LogP contribution in [0.4, 0.5) is 5.69 Å². The van der Waals surface area contributed by atoms with Gasteiger partial charge in [0.05, 0.1) is 5.39 Å². The van der Waals surface area contributed by atoms with Gasteiger partial charge < -0.3 is 5.32 Å². The molecule has 0 saturated heterocycles. The van der Waals surface area contributed by atoms with Crippen molar-refractivity contribution in [2.24, 2.45) is 0 Å². The second-order valence-electron chi connectivity index (χ2n) is 6.20. The fourth-order valence-corrected chi connectivity index (χ4v) is 3.24. The number of aryl methyl sites for hydroxylation is 1. The number of halogens is 1. The van der Waals surface area contributed by atoms with Crippen LogP contribution in [0.1, 0.15) is 12.5 Å². The molecule has 136 valence electrons. The van der Waals surface area contributed by atoms with Gasteiger partial charge in [-0.1, -0.05) is 30.7 Å². The maximum absolute atomic E-state index is 12.9. The third-order valence-corrected chi connectivity index (χ3v) is 4.70. The molecular weight excluding hydrogens is 366 g/mol. The fraction of sp³-hybridized carbons (Fsp3) is 0.158. The number of nitrogens with zero attached hydrogens (tertiary/aromatic N) is 3. The first-order valence-electron chi connectivity index (χ1n) is 8.53. The Labute approximate surface area is 159 Å². The summed E-state index contributed by atoms with van der Waals surface area (Å²) in [6, 6.07) is 12.7. The van der Waals surface area contributed by atoms with Crippen LogP contribution in [0.3, 0.4) is 0 Å². The van der Waals surface area contributed by atoms with Gasteiger partial charge in [0.1, 0.15) is 5.52 Å². The highest BCUT2D eigenvalue weighted by Crippen LogP contribution is 2.15. The van der Waals surface area contributed by atoms with Gasteiger partial charge in [-0.3, -0.25) is 9.59 Å². The zero-order valence-electron chi connectivity index (χ0n) is 14.6. The molecule has 2 aromatic heterocycles. The summed E-state index contributed by atoms with van der Waals surface area (Å²) in [4.78, 5) is 25.5. The number of nitrogens with one attached hydrogen (secondary N) is 2. The summed E-state index contributed by atoms with van der Waals surface area (Å²) in [5.74, 6) is -0.300. The summed E-state index contributed by atoms with van der Waals surface area (Å²) in [7, 11) is 0. The van der Waals surface area contributed by atoms with Crippen LogP contribution in [-0.4, -0.2) is 20.8 Å². The maximum Gasteiger partial charge on any atom is 0.318 e. The van der Waals surface area contributed by atoms with E-state index < -0.39 is 0 Å². The quantitative estimate of drug-likeness (QED) is 0.531. The Hall–Kier alpha value is -3.19. The molecule has 4 rings (SSSR count). The monoisotopic (exact) mass is 382 g/mol. The highest BCUT2D eigenvalue weighted by molar-refractivity contribution is 6.31. The van der Waals surface area contributed by atoms with Crippen molar-refractivity contribution >= 4 is 39.7 Å². The summed E-state index contributed by atoms with van der Waals surface area (Å²) >= 11 is 6.04. The minimum atomic E-state index is -0.301. The van der Waals surface area contributed by atoms with Gasteiger partial charge in [0.25, 0.3) is 11.6 Å². The number of benzene rings is 2. The van der Waals surface area contributed by atoms with E-state index in [1.165, 1.54) is 16.3 Å². The van der Waals surface area contributed by atoms with Crippen molar-refractivity contribution in [3.63, 3.8) is 0 Å². The van der Waals surface area contributed by atoms with E-state index in [9.17, 15) is 9.59 Å². The number of hydrogen-bond acceptors (Lipinski definition) is 3. The van der Waals surface area contributed by atoms with Crippen molar-refractivity contribution in [2.75, 3.05) is 5.32 Å². The first-order valence-corrected chi connectivity index (χ1v) is 8.90. The Morgan fingerprint density at radius 2 is 2.04 bits per heavy atom. The minimum absolute atomic E-state index is 0.139. The highest BCUT2D eigenvalue weighted by Gasteiger charge is 2.20. The second kappa shape index (κ2) is 6.85. The average molecular weight is 383 g/mol. The normalized spacial score (nSPS) is 11.2. The molecule has 0 radical (unpaired) electrons. The number of hydrogen-bond donors (Lipinski definition) is 2. The summed E-state index contributed by atoms with van der Waals surface area (Å²) in [5.41, 5.74) is 2.71. The first-order chi connectivity index (χ1) is 13.1. The van der Waals surface area contributed by atoms with Crippen LogP contribution < -0.4 is 15.4 Å². The molecule has 0 aliphatic heterocycles. The van der Waals surface area contributed by atoms with Crippen molar-refractivity contribution in [1.82, 2.24) is 14.9 Å². The average Bonchev–Trinajstić information content (AvgIpc) is 3.15. The number of aromatic amines is 1. The van der Waals surface area contributed by atoms with Crippen LogP contribution in [0, 0.1) is 0 Å². The van der Waals surface area contributed by atoms with Crippen molar-refractivity contribution in [3.8, 4) is 0 Å². The molecule has 2 N–H and O–H groups in total. The second-order valence-corrected chi connectivity index (χ2v) is 6.64. The molecule has 27 heavy (non-hydrogen) atoms. The third kappa shape index (κ3) is 3.17. The Bertz CT molecular complexity index is 1210. The number of carbonyl (C=O) groups is 1. The molecule has 0 atom stereocenters. The Morgan fingerprint density at radius 1 is 1.26 bits per heavy atom. The SMILES string of the molecule is CCc1ccc(NC(=O)Cn2c(=O)c3cc(Cl)ccc3[n+]3[nH]ncc23)cc1. The van der Waals surface area contributed by atoms with Crippen molar-refractivity contribution < 1.29 is 9.31 Å². The van der Waals surface area contributed by atoms with Crippen LogP contribution in [0.15, 0.2) is 53.5 Å². The number of anilines is 1. The summed E-state index contributed by atoms with van der Waals surface area (Å²) in [6.07, 6.45) is 2.44. The number of amides is 1. The van der Waals surface area contributed by atoms with Gasteiger partial charge in [0.2, 0.25) is 6.20 Å². The van der Waals surface area contributed by atoms with Crippen molar-refractivity contribution in [2.45, 2.75) is 19.9 Å². The summed E-state index contributed by atoms with van der Waals surface area (Å²) in [6.45, 7) is 1.93. The molecule has 0 aliphatic carbocycles. The van der Waals surface area contributed by atoms with E-state index in [0.717, 1.165) is 6.42 Å². The van der Waals surface area contributed by atoms with Crippen molar-refractivity contribution in [1.29, 1.82) is 0 Å². The van der Waals surface area contributed by atoms with Gasteiger partial charge in [0, 0.05) is 10.7 Å². The van der Waals surface area contributed by atoms with E-state index in [0.29, 0.717) is 27.3 Å². The standard InChI is InChI=1S/C19H16ClN5O2/c1-2-12-3-6-14(7-4-12)22-17(26)11-24-18-10-21-23-25(18)16-8-5-13(20)9-15(16)19(24)27/h3-10H,2,11H2,1H3,(H,22,26)/p+1. The lowest BCUT2D eigenvalue weighted by molar-refractivity contribution is -0.557. The van der Waals surface area contributed by atoms with Gasteiger partial charge in [-0.15, -0.1) is 9.73 Å². The number of rotatable bonds is 4. The Kier molecular flexibility index (Phi) is 4.37. The predicted octanol–water partition coefficient (Wildman–Crippen LogP) is 2.32. The Morgan fingerprint density at radius 3 is 2.78 bits per heavy atom. The van der Waals surface area contributed by atoms with Gasteiger partial charge in [-0.25, -0.2) is 4.57 Å². The number of aromatic nitrogens is 4. The van der Waals surface area contributed by atoms with Crippen LogP contribution in [0.5, 0.6) is 0 Å². The van der Waals surface area contributed by atoms with E-state index in [4.69, 9.17) is 11.6 Å². The molecule has 0 aliphatic rings. The highest BCUT2D eigenvalue weighted by atomic mass is 35.5. The van der Waals surface area contributed by atoms with E-state index in [1.54, 1.807) is 22.7 Å². The van der Waals surface area contributed by atoms with Gasteiger partial charge in [0.15, 0.2) is 6.54 Å². The molecular formula is C19H17ClN5O2+. The van der Waals surface area contributed by atoms with Gasteiger partial charge >= 0.3 is 5.56 Å². The van der Waals surface area contributed by atoms with Crippen LogP contribution in [0.2, 0.25) is 5.02 Å². The number of H-pyrrole nitrogens is 1. The third-order valence-electron chi connectivity index (χ3n) is 4.47. The smallest absolute Gasteiger partial charge is 0.318 e. The van der Waals surface area contributed by atoms with E-state index in [-0.39, 0.29) is 18.0 Å².